The molecule has 2 aromatic carbocycles. The Morgan fingerprint density at radius 2 is 1.71 bits per heavy atom. The molecule has 0 fully saturated rings. The van der Waals surface area contributed by atoms with Crippen LogP contribution in [0.4, 0.5) is 5.82 Å². The molecule has 0 aliphatic rings. The number of hydrogen-bond donors (Lipinski definition) is 2. The van der Waals surface area contributed by atoms with Gasteiger partial charge in [-0.15, -0.1) is 0 Å². The number of halogens is 2. The highest BCUT2D eigenvalue weighted by molar-refractivity contribution is 6.36. The van der Waals surface area contributed by atoms with E-state index >= 15 is 0 Å². The molecule has 2 N–H and O–H groups in total. The summed E-state index contributed by atoms with van der Waals surface area (Å²) in [6.07, 6.45) is 3.38. The Labute approximate surface area is 172 Å². The van der Waals surface area contributed by atoms with Gasteiger partial charge in [0.25, 0.3) is 0 Å². The average molecular weight is 410 g/mol. The van der Waals surface area contributed by atoms with Gasteiger partial charge in [0.1, 0.15) is 17.1 Å². The fourth-order valence-electron chi connectivity index (χ4n) is 3.23. The maximum Gasteiger partial charge on any atom is 0.147 e. The number of fused-ring (bicyclic) bond motifs is 1. The van der Waals surface area contributed by atoms with Crippen molar-refractivity contribution in [2.24, 2.45) is 0 Å². The number of aryl methyl sites for hydroxylation is 1. The number of phenols is 1. The van der Waals surface area contributed by atoms with Gasteiger partial charge < -0.3 is 10.4 Å². The van der Waals surface area contributed by atoms with E-state index < -0.39 is 6.04 Å². The molecule has 0 unspecified atom stereocenters. The number of benzene rings is 2. The van der Waals surface area contributed by atoms with Gasteiger partial charge in [-0.05, 0) is 42.8 Å². The van der Waals surface area contributed by atoms with Crippen LogP contribution in [0.15, 0.2) is 67.0 Å². The van der Waals surface area contributed by atoms with Crippen molar-refractivity contribution in [3.8, 4) is 5.75 Å². The highest BCUT2D eigenvalue weighted by Gasteiger charge is 2.24. The van der Waals surface area contributed by atoms with Crippen molar-refractivity contribution in [3.05, 3.63) is 93.7 Å². The zero-order chi connectivity index (χ0) is 19.7. The van der Waals surface area contributed by atoms with E-state index in [4.69, 9.17) is 23.2 Å². The van der Waals surface area contributed by atoms with Crippen LogP contribution in [0.25, 0.3) is 10.9 Å². The molecule has 0 aliphatic carbocycles. The van der Waals surface area contributed by atoms with Crippen molar-refractivity contribution in [1.82, 2.24) is 9.97 Å². The van der Waals surface area contributed by atoms with Crippen LogP contribution in [0.3, 0.4) is 0 Å². The minimum Gasteiger partial charge on any atom is -0.505 e. The summed E-state index contributed by atoms with van der Waals surface area (Å²) in [6, 6.07) is 16.2. The second-order valence-corrected chi connectivity index (χ2v) is 7.32. The summed E-state index contributed by atoms with van der Waals surface area (Å²) in [4.78, 5) is 8.71. The van der Waals surface area contributed by atoms with Gasteiger partial charge in [0.15, 0.2) is 0 Å². The van der Waals surface area contributed by atoms with Crippen LogP contribution in [0.1, 0.15) is 22.7 Å². The van der Waals surface area contributed by atoms with Crippen molar-refractivity contribution in [1.29, 1.82) is 0 Å². The van der Waals surface area contributed by atoms with E-state index in [2.05, 4.69) is 15.3 Å². The molecule has 4 aromatic rings. The number of hydrogen-bond acceptors (Lipinski definition) is 4. The van der Waals surface area contributed by atoms with E-state index in [1.54, 1.807) is 30.6 Å². The molecule has 0 bridgehead atoms. The molecular formula is C22H17Cl2N3O. The molecule has 28 heavy (non-hydrogen) atoms. The lowest BCUT2D eigenvalue weighted by molar-refractivity contribution is 0.471. The normalized spacial score (nSPS) is 12.1. The topological polar surface area (TPSA) is 58.0 Å². The number of aromatic nitrogens is 2. The molecule has 4 rings (SSSR count). The number of rotatable bonds is 4. The Morgan fingerprint density at radius 3 is 2.46 bits per heavy atom. The van der Waals surface area contributed by atoms with Gasteiger partial charge in [-0.25, -0.2) is 4.98 Å². The van der Waals surface area contributed by atoms with Gasteiger partial charge in [-0.2, -0.15) is 0 Å². The second-order valence-electron chi connectivity index (χ2n) is 6.51. The number of aromatic hydroxyl groups is 1. The second kappa shape index (κ2) is 7.66. The maximum atomic E-state index is 11.0. The van der Waals surface area contributed by atoms with Crippen LogP contribution in [0.5, 0.6) is 5.75 Å². The number of anilines is 1. The molecule has 0 amide bonds. The summed E-state index contributed by atoms with van der Waals surface area (Å²) in [5, 5.41) is 16.2. The Morgan fingerprint density at radius 1 is 0.929 bits per heavy atom. The number of phenolic OH excluding ortho intramolecular Hbond substituents is 1. The lowest BCUT2D eigenvalue weighted by Gasteiger charge is -2.24. The SMILES string of the molecule is Cc1ccnc(N[C@H](c2ccc3cccnc3c2O)c2c(Cl)cccc2Cl)c1. The summed E-state index contributed by atoms with van der Waals surface area (Å²) in [5.41, 5.74) is 2.86. The van der Waals surface area contributed by atoms with Crippen LogP contribution in [0.2, 0.25) is 10.0 Å². The third-order valence-corrected chi connectivity index (χ3v) is 5.25. The van der Waals surface area contributed by atoms with Gasteiger partial charge in [-0.3, -0.25) is 4.98 Å². The van der Waals surface area contributed by atoms with Gasteiger partial charge in [0, 0.05) is 39.0 Å². The predicted molar refractivity (Wildman–Crippen MR) is 114 cm³/mol. The molecule has 0 saturated carbocycles. The fraction of sp³-hybridized carbons (Fsp3) is 0.0909. The summed E-state index contributed by atoms with van der Waals surface area (Å²) in [6.45, 7) is 1.99. The van der Waals surface area contributed by atoms with Crippen molar-refractivity contribution in [2.45, 2.75) is 13.0 Å². The van der Waals surface area contributed by atoms with Crippen molar-refractivity contribution in [2.75, 3.05) is 5.32 Å². The standard InChI is InChI=1S/C22H17Cl2N3O/c1-13-9-11-25-18(12-13)27-21(19-16(23)5-2-6-17(19)24)15-8-7-14-4-3-10-26-20(14)22(15)28/h2-12,21,28H,1H3,(H,25,27)/t21-/m1/s1. The first-order valence-corrected chi connectivity index (χ1v) is 9.50. The third-order valence-electron chi connectivity index (χ3n) is 4.59. The third kappa shape index (κ3) is 3.49. The number of pyridine rings is 2. The molecule has 0 aliphatic heterocycles. The van der Waals surface area contributed by atoms with E-state index in [-0.39, 0.29) is 5.75 Å². The van der Waals surface area contributed by atoms with Gasteiger partial charge in [0.05, 0.1) is 6.04 Å². The lowest BCUT2D eigenvalue weighted by Crippen LogP contribution is -2.15. The van der Waals surface area contributed by atoms with E-state index in [9.17, 15) is 5.11 Å². The Kier molecular flexibility index (Phi) is 5.07. The van der Waals surface area contributed by atoms with Crippen LogP contribution >= 0.6 is 23.2 Å². The number of nitrogens with one attached hydrogen (secondary N) is 1. The Bertz CT molecular complexity index is 1140. The quantitative estimate of drug-likeness (QED) is 0.424. The van der Waals surface area contributed by atoms with Crippen molar-refractivity contribution in [3.63, 3.8) is 0 Å². The first-order chi connectivity index (χ1) is 13.5. The molecule has 2 heterocycles. The molecule has 4 nitrogen and oxygen atoms in total. The molecule has 140 valence electrons. The Hall–Kier alpha value is -2.82. The summed E-state index contributed by atoms with van der Waals surface area (Å²) in [7, 11) is 0. The van der Waals surface area contributed by atoms with Crippen LogP contribution in [-0.2, 0) is 0 Å². The van der Waals surface area contributed by atoms with Gasteiger partial charge in [0.2, 0.25) is 0 Å². The van der Waals surface area contributed by atoms with E-state index in [0.717, 1.165) is 10.9 Å². The molecule has 0 radical (unpaired) electrons. The summed E-state index contributed by atoms with van der Waals surface area (Å²) < 4.78 is 0. The largest absolute Gasteiger partial charge is 0.505 e. The minimum atomic E-state index is -0.512. The molecular weight excluding hydrogens is 393 g/mol. The molecule has 6 heteroatoms. The Balaban J connectivity index is 1.92. The zero-order valence-corrected chi connectivity index (χ0v) is 16.5. The first kappa shape index (κ1) is 18.5. The lowest BCUT2D eigenvalue weighted by atomic mass is 9.96. The smallest absolute Gasteiger partial charge is 0.147 e. The van der Waals surface area contributed by atoms with E-state index in [1.807, 2.05) is 43.3 Å². The van der Waals surface area contributed by atoms with E-state index in [1.165, 1.54) is 0 Å². The van der Waals surface area contributed by atoms with Gasteiger partial charge >= 0.3 is 0 Å². The zero-order valence-electron chi connectivity index (χ0n) is 15.0. The predicted octanol–water partition coefficient (Wildman–Crippen LogP) is 6.15. The number of nitrogens with zero attached hydrogens (tertiary/aromatic N) is 2. The minimum absolute atomic E-state index is 0.0826. The van der Waals surface area contributed by atoms with Crippen LogP contribution < -0.4 is 5.32 Å². The summed E-state index contributed by atoms with van der Waals surface area (Å²) in [5.74, 6) is 0.737. The molecule has 0 spiro atoms. The maximum absolute atomic E-state index is 11.0. The van der Waals surface area contributed by atoms with Gasteiger partial charge in [-0.1, -0.05) is 47.5 Å². The van der Waals surface area contributed by atoms with E-state index in [0.29, 0.717) is 32.5 Å². The molecule has 1 atom stereocenters. The molecule has 2 aromatic heterocycles. The fourth-order valence-corrected chi connectivity index (χ4v) is 3.85. The first-order valence-electron chi connectivity index (χ1n) is 8.74. The monoisotopic (exact) mass is 409 g/mol. The highest BCUT2D eigenvalue weighted by atomic mass is 35.5. The van der Waals surface area contributed by atoms with Crippen molar-refractivity contribution >= 4 is 39.9 Å². The summed E-state index contributed by atoms with van der Waals surface area (Å²) >= 11 is 13.0. The average Bonchev–Trinajstić information content (AvgIpc) is 2.68. The highest BCUT2D eigenvalue weighted by Crippen LogP contribution is 2.41. The van der Waals surface area contributed by atoms with Crippen LogP contribution in [-0.4, -0.2) is 15.1 Å². The molecule has 0 saturated heterocycles. The van der Waals surface area contributed by atoms with Crippen LogP contribution in [0, 0.1) is 6.92 Å². The van der Waals surface area contributed by atoms with Crippen molar-refractivity contribution < 1.29 is 5.11 Å².